The Morgan fingerprint density at radius 2 is 2.39 bits per heavy atom. The number of aromatic nitrogens is 1. The van der Waals surface area contributed by atoms with Crippen LogP contribution >= 0.6 is 0 Å². The smallest absolute Gasteiger partial charge is 0.146 e. The SMILES string of the molecule is CNCC1CCCN(c2nc(C)ccc2C#N)C1. The van der Waals surface area contributed by atoms with E-state index in [1.165, 1.54) is 12.8 Å². The minimum absolute atomic E-state index is 0.651. The lowest BCUT2D eigenvalue weighted by atomic mass is 9.97. The van der Waals surface area contributed by atoms with Crippen molar-refractivity contribution in [2.75, 3.05) is 31.6 Å². The molecule has 2 rings (SSSR count). The van der Waals surface area contributed by atoms with Crippen molar-refractivity contribution in [3.05, 3.63) is 23.4 Å². The van der Waals surface area contributed by atoms with Gasteiger partial charge in [0.05, 0.1) is 5.56 Å². The lowest BCUT2D eigenvalue weighted by Crippen LogP contribution is -2.39. The number of piperidine rings is 1. The van der Waals surface area contributed by atoms with Gasteiger partial charge in [0.2, 0.25) is 0 Å². The zero-order chi connectivity index (χ0) is 13.0. The van der Waals surface area contributed by atoms with Crippen LogP contribution in [0.25, 0.3) is 0 Å². The third-order valence-corrected chi connectivity index (χ3v) is 3.45. The second kappa shape index (κ2) is 5.83. The number of anilines is 1. The molecule has 1 fully saturated rings. The molecule has 4 nitrogen and oxygen atoms in total. The summed E-state index contributed by atoms with van der Waals surface area (Å²) in [4.78, 5) is 6.81. The Morgan fingerprint density at radius 1 is 1.56 bits per heavy atom. The molecule has 96 valence electrons. The maximum atomic E-state index is 9.18. The van der Waals surface area contributed by atoms with E-state index in [0.29, 0.717) is 11.5 Å². The number of rotatable bonds is 3. The molecule has 18 heavy (non-hydrogen) atoms. The number of pyridine rings is 1. The van der Waals surface area contributed by atoms with Crippen LogP contribution in [-0.4, -0.2) is 31.7 Å². The molecule has 0 spiro atoms. The summed E-state index contributed by atoms with van der Waals surface area (Å²) >= 11 is 0. The summed E-state index contributed by atoms with van der Waals surface area (Å²) < 4.78 is 0. The standard InChI is InChI=1S/C14H20N4/c1-11-5-6-13(8-15)14(17-11)18-7-3-4-12(10-18)9-16-2/h5-6,12,16H,3-4,7,9-10H2,1-2H3. The largest absolute Gasteiger partial charge is 0.355 e. The second-order valence-electron chi connectivity index (χ2n) is 4.95. The molecular weight excluding hydrogens is 224 g/mol. The molecule has 0 saturated carbocycles. The Balaban J connectivity index is 2.20. The molecule has 1 aliphatic rings. The predicted octanol–water partition coefficient (Wildman–Crippen LogP) is 1.70. The van der Waals surface area contributed by atoms with Crippen LogP contribution in [0.1, 0.15) is 24.1 Å². The number of nitrogens with one attached hydrogen (secondary N) is 1. The molecule has 0 aliphatic carbocycles. The van der Waals surface area contributed by atoms with Gasteiger partial charge in [-0.3, -0.25) is 0 Å². The quantitative estimate of drug-likeness (QED) is 0.879. The molecular formula is C14H20N4. The van der Waals surface area contributed by atoms with Gasteiger partial charge in [-0.2, -0.15) is 5.26 Å². The summed E-state index contributed by atoms with van der Waals surface area (Å²) in [6, 6.07) is 6.02. The summed E-state index contributed by atoms with van der Waals surface area (Å²) in [7, 11) is 1.99. The molecule has 0 aromatic carbocycles. The highest BCUT2D eigenvalue weighted by atomic mass is 15.2. The van der Waals surface area contributed by atoms with Crippen molar-refractivity contribution < 1.29 is 0 Å². The topological polar surface area (TPSA) is 52.0 Å². The lowest BCUT2D eigenvalue weighted by molar-refractivity contribution is 0.401. The van der Waals surface area contributed by atoms with Crippen molar-refractivity contribution in [2.24, 2.45) is 5.92 Å². The van der Waals surface area contributed by atoms with Crippen molar-refractivity contribution in [1.29, 1.82) is 5.26 Å². The molecule has 1 unspecified atom stereocenters. The lowest BCUT2D eigenvalue weighted by Gasteiger charge is -2.34. The van der Waals surface area contributed by atoms with Gasteiger partial charge in [0, 0.05) is 18.8 Å². The first-order valence-electron chi connectivity index (χ1n) is 6.52. The van der Waals surface area contributed by atoms with Crippen molar-refractivity contribution in [3.8, 4) is 6.07 Å². The average Bonchev–Trinajstić information content (AvgIpc) is 2.39. The fraction of sp³-hybridized carbons (Fsp3) is 0.571. The van der Waals surface area contributed by atoms with Crippen LogP contribution in [0.4, 0.5) is 5.82 Å². The minimum Gasteiger partial charge on any atom is -0.355 e. The van der Waals surface area contributed by atoms with Gasteiger partial charge in [-0.1, -0.05) is 0 Å². The van der Waals surface area contributed by atoms with Crippen LogP contribution in [0.2, 0.25) is 0 Å². The van der Waals surface area contributed by atoms with E-state index < -0.39 is 0 Å². The van der Waals surface area contributed by atoms with E-state index in [-0.39, 0.29) is 0 Å². The highest BCUT2D eigenvalue weighted by Crippen LogP contribution is 2.24. The maximum absolute atomic E-state index is 9.18. The van der Waals surface area contributed by atoms with Gasteiger partial charge in [0.1, 0.15) is 11.9 Å². The van der Waals surface area contributed by atoms with Crippen molar-refractivity contribution in [1.82, 2.24) is 10.3 Å². The normalized spacial score (nSPS) is 19.6. The minimum atomic E-state index is 0.651. The second-order valence-corrected chi connectivity index (χ2v) is 4.95. The van der Waals surface area contributed by atoms with E-state index in [0.717, 1.165) is 31.1 Å². The third kappa shape index (κ3) is 2.80. The van der Waals surface area contributed by atoms with Crippen LogP contribution in [0, 0.1) is 24.2 Å². The van der Waals surface area contributed by atoms with Crippen LogP contribution in [-0.2, 0) is 0 Å². The van der Waals surface area contributed by atoms with Crippen LogP contribution in [0.15, 0.2) is 12.1 Å². The average molecular weight is 244 g/mol. The van der Waals surface area contributed by atoms with Gasteiger partial charge in [0.15, 0.2) is 0 Å². The monoisotopic (exact) mass is 244 g/mol. The Labute approximate surface area is 109 Å². The first kappa shape index (κ1) is 12.8. The van der Waals surface area contributed by atoms with Gasteiger partial charge in [-0.25, -0.2) is 4.98 Å². The van der Waals surface area contributed by atoms with Crippen LogP contribution in [0.3, 0.4) is 0 Å². The van der Waals surface area contributed by atoms with Gasteiger partial charge in [0.25, 0.3) is 0 Å². The molecule has 0 bridgehead atoms. The molecule has 1 aliphatic heterocycles. The van der Waals surface area contributed by atoms with E-state index >= 15 is 0 Å². The molecule has 0 radical (unpaired) electrons. The van der Waals surface area contributed by atoms with Gasteiger partial charge in [-0.05, 0) is 51.4 Å². The third-order valence-electron chi connectivity index (χ3n) is 3.45. The first-order chi connectivity index (χ1) is 8.74. The fourth-order valence-electron chi connectivity index (χ4n) is 2.58. The van der Waals surface area contributed by atoms with E-state index in [2.05, 4.69) is 21.3 Å². The Hall–Kier alpha value is -1.60. The van der Waals surface area contributed by atoms with E-state index in [1.807, 2.05) is 26.1 Å². The molecule has 1 aromatic heterocycles. The van der Waals surface area contributed by atoms with Crippen molar-refractivity contribution >= 4 is 5.82 Å². The van der Waals surface area contributed by atoms with Gasteiger partial charge >= 0.3 is 0 Å². The molecule has 4 heteroatoms. The maximum Gasteiger partial charge on any atom is 0.146 e. The van der Waals surface area contributed by atoms with Gasteiger partial charge in [-0.15, -0.1) is 0 Å². The summed E-state index contributed by atoms with van der Waals surface area (Å²) in [5.74, 6) is 1.51. The van der Waals surface area contributed by atoms with E-state index in [9.17, 15) is 5.26 Å². The number of nitrogens with zero attached hydrogens (tertiary/aromatic N) is 3. The number of hydrogen-bond donors (Lipinski definition) is 1. The highest BCUT2D eigenvalue weighted by molar-refractivity contribution is 5.54. The zero-order valence-electron chi connectivity index (χ0n) is 11.1. The Morgan fingerprint density at radius 3 is 3.11 bits per heavy atom. The molecule has 1 saturated heterocycles. The van der Waals surface area contributed by atoms with E-state index in [1.54, 1.807) is 0 Å². The fourth-order valence-corrected chi connectivity index (χ4v) is 2.58. The van der Waals surface area contributed by atoms with Crippen LogP contribution in [0.5, 0.6) is 0 Å². The van der Waals surface area contributed by atoms with Crippen molar-refractivity contribution in [2.45, 2.75) is 19.8 Å². The molecule has 1 atom stereocenters. The van der Waals surface area contributed by atoms with Crippen molar-refractivity contribution in [3.63, 3.8) is 0 Å². The summed E-state index contributed by atoms with van der Waals surface area (Å²) in [6.45, 7) is 5.00. The molecule has 1 aromatic rings. The predicted molar refractivity (Wildman–Crippen MR) is 72.6 cm³/mol. The number of aryl methyl sites for hydroxylation is 1. The first-order valence-corrected chi connectivity index (χ1v) is 6.52. The van der Waals surface area contributed by atoms with Crippen LogP contribution < -0.4 is 10.2 Å². The Kier molecular flexibility index (Phi) is 4.16. The zero-order valence-corrected chi connectivity index (χ0v) is 11.1. The highest BCUT2D eigenvalue weighted by Gasteiger charge is 2.22. The summed E-state index contributed by atoms with van der Waals surface area (Å²) in [5.41, 5.74) is 1.66. The summed E-state index contributed by atoms with van der Waals surface area (Å²) in [6.07, 6.45) is 2.43. The molecule has 0 amide bonds. The number of nitriles is 1. The summed E-state index contributed by atoms with van der Waals surface area (Å²) in [5, 5.41) is 12.4. The molecule has 1 N–H and O–H groups in total. The van der Waals surface area contributed by atoms with Gasteiger partial charge < -0.3 is 10.2 Å². The molecule has 2 heterocycles. The van der Waals surface area contributed by atoms with E-state index in [4.69, 9.17) is 0 Å². The number of hydrogen-bond acceptors (Lipinski definition) is 4. The Bertz CT molecular complexity index is 448.